The number of carbonyl (C=O) groups excluding carboxylic acids is 1. The third-order valence-electron chi connectivity index (χ3n) is 2.21. The lowest BCUT2D eigenvalue weighted by molar-refractivity contribution is -0.129. The van der Waals surface area contributed by atoms with Crippen LogP contribution >= 0.6 is 0 Å². The third kappa shape index (κ3) is 1.80. The SMILES string of the molecule is O=C1NCCN(C(F)(F)F)c2ncccc21. The summed E-state index contributed by atoms with van der Waals surface area (Å²) in [7, 11) is 0. The Balaban J connectivity index is 2.51. The molecule has 86 valence electrons. The number of hydrogen-bond acceptors (Lipinski definition) is 3. The fourth-order valence-electron chi connectivity index (χ4n) is 1.52. The van der Waals surface area contributed by atoms with Crippen LogP contribution in [0.15, 0.2) is 18.3 Å². The van der Waals surface area contributed by atoms with E-state index in [-0.39, 0.29) is 29.4 Å². The Labute approximate surface area is 89.1 Å². The molecule has 7 heteroatoms. The molecule has 1 aliphatic heterocycles. The Bertz CT molecular complexity index is 419. The highest BCUT2D eigenvalue weighted by molar-refractivity contribution is 5.99. The molecule has 0 atom stereocenters. The molecule has 0 radical (unpaired) electrons. The van der Waals surface area contributed by atoms with Crippen LogP contribution in [0.5, 0.6) is 0 Å². The van der Waals surface area contributed by atoms with E-state index in [1.807, 2.05) is 0 Å². The summed E-state index contributed by atoms with van der Waals surface area (Å²) in [6, 6.07) is 2.75. The molecule has 1 aromatic rings. The fraction of sp³-hybridized carbons (Fsp3) is 0.333. The number of amides is 1. The van der Waals surface area contributed by atoms with Crippen LogP contribution in [-0.4, -0.2) is 30.3 Å². The van der Waals surface area contributed by atoms with Crippen LogP contribution in [0.4, 0.5) is 19.0 Å². The Hall–Kier alpha value is -1.79. The Morgan fingerprint density at radius 1 is 1.44 bits per heavy atom. The van der Waals surface area contributed by atoms with Crippen molar-refractivity contribution in [2.45, 2.75) is 6.30 Å². The quantitative estimate of drug-likeness (QED) is 0.681. The van der Waals surface area contributed by atoms with Crippen molar-refractivity contribution in [2.24, 2.45) is 0 Å². The van der Waals surface area contributed by atoms with Gasteiger partial charge in [-0.05, 0) is 12.1 Å². The van der Waals surface area contributed by atoms with Gasteiger partial charge in [-0.15, -0.1) is 0 Å². The van der Waals surface area contributed by atoms with Crippen molar-refractivity contribution in [3.05, 3.63) is 23.9 Å². The van der Waals surface area contributed by atoms with Crippen LogP contribution < -0.4 is 10.2 Å². The van der Waals surface area contributed by atoms with Gasteiger partial charge in [0.2, 0.25) is 0 Å². The summed E-state index contributed by atoms with van der Waals surface area (Å²) in [4.78, 5) is 15.2. The average molecular weight is 231 g/mol. The first-order valence-electron chi connectivity index (χ1n) is 4.58. The molecule has 1 aliphatic rings. The van der Waals surface area contributed by atoms with Crippen LogP contribution in [0.1, 0.15) is 10.4 Å². The van der Waals surface area contributed by atoms with Crippen LogP contribution in [0.3, 0.4) is 0 Å². The van der Waals surface area contributed by atoms with E-state index in [4.69, 9.17) is 0 Å². The van der Waals surface area contributed by atoms with Gasteiger partial charge in [-0.25, -0.2) is 4.98 Å². The number of aromatic nitrogens is 1. The van der Waals surface area contributed by atoms with E-state index in [2.05, 4.69) is 10.3 Å². The predicted molar refractivity (Wildman–Crippen MR) is 50.0 cm³/mol. The van der Waals surface area contributed by atoms with E-state index in [9.17, 15) is 18.0 Å². The number of halogens is 3. The molecular weight excluding hydrogens is 223 g/mol. The van der Waals surface area contributed by atoms with Crippen molar-refractivity contribution in [3.63, 3.8) is 0 Å². The van der Waals surface area contributed by atoms with Gasteiger partial charge < -0.3 is 5.32 Å². The maximum atomic E-state index is 12.7. The zero-order chi connectivity index (χ0) is 11.8. The smallest absolute Gasteiger partial charge is 0.350 e. The first-order valence-corrected chi connectivity index (χ1v) is 4.58. The summed E-state index contributed by atoms with van der Waals surface area (Å²) < 4.78 is 38.0. The number of anilines is 1. The number of nitrogens with one attached hydrogen (secondary N) is 1. The van der Waals surface area contributed by atoms with Crippen LogP contribution in [0.2, 0.25) is 0 Å². The summed E-state index contributed by atoms with van der Waals surface area (Å²) >= 11 is 0. The normalized spacial score (nSPS) is 16.4. The van der Waals surface area contributed by atoms with Gasteiger partial charge >= 0.3 is 6.30 Å². The zero-order valence-electron chi connectivity index (χ0n) is 8.08. The van der Waals surface area contributed by atoms with Crippen LogP contribution in [0, 0.1) is 0 Å². The van der Waals surface area contributed by atoms with Gasteiger partial charge in [-0.2, -0.15) is 13.2 Å². The highest BCUT2D eigenvalue weighted by Crippen LogP contribution is 2.29. The number of carbonyl (C=O) groups is 1. The number of nitrogens with zero attached hydrogens (tertiary/aromatic N) is 2. The van der Waals surface area contributed by atoms with Gasteiger partial charge in [0.25, 0.3) is 5.91 Å². The first kappa shape index (κ1) is 10.7. The summed E-state index contributed by atoms with van der Waals surface area (Å²) in [5.74, 6) is -0.875. The summed E-state index contributed by atoms with van der Waals surface area (Å²) in [5.41, 5.74) is -0.0580. The van der Waals surface area contributed by atoms with E-state index in [1.165, 1.54) is 18.3 Å². The Kier molecular flexibility index (Phi) is 2.45. The number of pyridine rings is 1. The minimum atomic E-state index is -4.53. The van der Waals surface area contributed by atoms with Crippen molar-refractivity contribution in [1.82, 2.24) is 10.3 Å². The number of alkyl halides is 3. The van der Waals surface area contributed by atoms with Crippen molar-refractivity contribution < 1.29 is 18.0 Å². The molecule has 0 saturated carbocycles. The topological polar surface area (TPSA) is 45.2 Å². The van der Waals surface area contributed by atoms with Crippen LogP contribution in [0.25, 0.3) is 0 Å². The van der Waals surface area contributed by atoms with Crippen molar-refractivity contribution >= 4 is 11.7 Å². The van der Waals surface area contributed by atoms with Crippen molar-refractivity contribution in [1.29, 1.82) is 0 Å². The Morgan fingerprint density at radius 3 is 2.88 bits per heavy atom. The monoisotopic (exact) mass is 231 g/mol. The average Bonchev–Trinajstić information content (AvgIpc) is 2.38. The predicted octanol–water partition coefficient (Wildman–Crippen LogP) is 1.15. The number of rotatable bonds is 0. The highest BCUT2D eigenvalue weighted by atomic mass is 19.4. The molecule has 0 aliphatic carbocycles. The van der Waals surface area contributed by atoms with Gasteiger partial charge in [-0.1, -0.05) is 0 Å². The van der Waals surface area contributed by atoms with Gasteiger partial charge in [0.05, 0.1) is 5.56 Å². The molecule has 1 aromatic heterocycles. The second kappa shape index (κ2) is 3.66. The first-order chi connectivity index (χ1) is 7.50. The molecule has 0 aromatic carbocycles. The van der Waals surface area contributed by atoms with Gasteiger partial charge in [0.15, 0.2) is 0 Å². The summed E-state index contributed by atoms with van der Waals surface area (Å²) in [6.07, 6.45) is -3.30. The van der Waals surface area contributed by atoms with Crippen molar-refractivity contribution in [3.8, 4) is 0 Å². The maximum Gasteiger partial charge on any atom is 0.486 e. The number of fused-ring (bicyclic) bond motifs is 1. The molecule has 2 heterocycles. The molecule has 0 spiro atoms. The second-order valence-corrected chi connectivity index (χ2v) is 3.25. The molecule has 1 N–H and O–H groups in total. The molecular formula is C9H8F3N3O. The van der Waals surface area contributed by atoms with Gasteiger partial charge in [0.1, 0.15) is 5.82 Å². The molecule has 0 saturated heterocycles. The number of hydrogen-bond donors (Lipinski definition) is 1. The van der Waals surface area contributed by atoms with Gasteiger partial charge in [0, 0.05) is 19.3 Å². The summed E-state index contributed by atoms with van der Waals surface area (Å²) in [5, 5.41) is 2.38. The van der Waals surface area contributed by atoms with Crippen molar-refractivity contribution in [2.75, 3.05) is 18.0 Å². The molecule has 0 fully saturated rings. The largest absolute Gasteiger partial charge is 0.486 e. The van der Waals surface area contributed by atoms with Crippen LogP contribution in [-0.2, 0) is 0 Å². The Morgan fingerprint density at radius 2 is 2.19 bits per heavy atom. The minimum absolute atomic E-state index is 0.0580. The van der Waals surface area contributed by atoms with E-state index in [1.54, 1.807) is 0 Å². The van der Waals surface area contributed by atoms with E-state index in [0.29, 0.717) is 0 Å². The van der Waals surface area contributed by atoms with E-state index >= 15 is 0 Å². The fourth-order valence-corrected chi connectivity index (χ4v) is 1.52. The lowest BCUT2D eigenvalue weighted by Crippen LogP contribution is -2.41. The molecule has 16 heavy (non-hydrogen) atoms. The molecule has 1 amide bonds. The lowest BCUT2D eigenvalue weighted by atomic mass is 10.2. The second-order valence-electron chi connectivity index (χ2n) is 3.25. The molecule has 4 nitrogen and oxygen atoms in total. The zero-order valence-corrected chi connectivity index (χ0v) is 8.08. The minimum Gasteiger partial charge on any atom is -0.350 e. The molecule has 0 bridgehead atoms. The standard InChI is InChI=1S/C9H8F3N3O/c10-9(11,12)15-5-4-14-8(16)6-2-1-3-13-7(6)15/h1-3H,4-5H2,(H,14,16). The molecule has 0 unspecified atom stereocenters. The third-order valence-corrected chi connectivity index (χ3v) is 2.21. The van der Waals surface area contributed by atoms with Gasteiger partial charge in [-0.3, -0.25) is 9.69 Å². The molecule has 2 rings (SSSR count). The maximum absolute atomic E-state index is 12.7. The summed E-state index contributed by atoms with van der Waals surface area (Å²) in [6.45, 7) is -0.395. The lowest BCUT2D eigenvalue weighted by Gasteiger charge is -2.24. The van der Waals surface area contributed by atoms with E-state index < -0.39 is 12.2 Å². The highest BCUT2D eigenvalue weighted by Gasteiger charge is 2.40. The van der Waals surface area contributed by atoms with E-state index in [0.717, 1.165) is 0 Å².